The number of rotatable bonds is 4. The summed E-state index contributed by atoms with van der Waals surface area (Å²) in [5.74, 6) is -2.75. The summed E-state index contributed by atoms with van der Waals surface area (Å²) in [7, 11) is 1.06. The summed E-state index contributed by atoms with van der Waals surface area (Å²) >= 11 is 0. The molecule has 0 spiro atoms. The van der Waals surface area contributed by atoms with Crippen molar-refractivity contribution in [2.24, 2.45) is 0 Å². The minimum atomic E-state index is -5.12. The predicted molar refractivity (Wildman–Crippen MR) is 49.5 cm³/mol. The third kappa shape index (κ3) is 3.06. The fraction of sp³-hybridized carbons (Fsp3) is 0.250. The van der Waals surface area contributed by atoms with Crippen molar-refractivity contribution in [3.63, 3.8) is 0 Å². The summed E-state index contributed by atoms with van der Waals surface area (Å²) in [4.78, 5) is 23.0. The number of halogens is 3. The van der Waals surface area contributed by atoms with Crippen molar-refractivity contribution in [2.75, 3.05) is 7.11 Å². The molecule has 0 N–H and O–H groups in total. The van der Waals surface area contributed by atoms with Crippen LogP contribution in [0.2, 0.25) is 0 Å². The number of nitrogens with zero attached hydrogens (tertiary/aromatic N) is 2. The lowest BCUT2D eigenvalue weighted by Crippen LogP contribution is -2.18. The molecular weight excluding hydrogens is 261 g/mol. The molecule has 7 nitrogen and oxygen atoms in total. The highest BCUT2D eigenvalue weighted by atomic mass is 19.4. The van der Waals surface area contributed by atoms with Crippen LogP contribution in [0.1, 0.15) is 10.5 Å². The average Bonchev–Trinajstić information content (AvgIpc) is 2.25. The molecule has 0 aliphatic carbocycles. The van der Waals surface area contributed by atoms with Crippen LogP contribution in [-0.2, 0) is 0 Å². The molecule has 0 radical (unpaired) electrons. The second-order valence-electron chi connectivity index (χ2n) is 2.82. The van der Waals surface area contributed by atoms with Crippen LogP contribution in [0.5, 0.6) is 11.5 Å². The van der Waals surface area contributed by atoms with E-state index in [-0.39, 0.29) is 12.0 Å². The topological polar surface area (TPSA) is 91.6 Å². The van der Waals surface area contributed by atoms with Gasteiger partial charge in [-0.25, -0.2) is 0 Å². The highest BCUT2D eigenvalue weighted by Gasteiger charge is 2.36. The van der Waals surface area contributed by atoms with E-state index < -0.39 is 28.5 Å². The number of ether oxygens (including phenoxy) is 2. The van der Waals surface area contributed by atoms with Crippen molar-refractivity contribution in [2.45, 2.75) is 6.36 Å². The third-order valence-corrected chi connectivity index (χ3v) is 1.69. The lowest BCUT2D eigenvalue weighted by molar-refractivity contribution is -0.393. The van der Waals surface area contributed by atoms with Gasteiger partial charge in [0, 0.05) is 6.07 Å². The maximum absolute atomic E-state index is 12.0. The molecule has 1 rings (SSSR count). The summed E-state index contributed by atoms with van der Waals surface area (Å²) < 4.78 is 44.1. The fourth-order valence-corrected chi connectivity index (χ4v) is 1.06. The van der Waals surface area contributed by atoms with Crippen molar-refractivity contribution in [1.82, 2.24) is 4.98 Å². The van der Waals surface area contributed by atoms with Crippen molar-refractivity contribution in [1.29, 1.82) is 0 Å². The maximum Gasteiger partial charge on any atom is 0.573 e. The maximum atomic E-state index is 12.0. The van der Waals surface area contributed by atoms with Gasteiger partial charge in [-0.05, 0) is 9.91 Å². The summed E-state index contributed by atoms with van der Waals surface area (Å²) in [6, 6.07) is 0.572. The Bertz CT molecular complexity index is 488. The van der Waals surface area contributed by atoms with Crippen molar-refractivity contribution < 1.29 is 32.4 Å². The van der Waals surface area contributed by atoms with Gasteiger partial charge in [-0.1, -0.05) is 0 Å². The van der Waals surface area contributed by atoms with Gasteiger partial charge >= 0.3 is 12.2 Å². The smallest absolute Gasteiger partial charge is 0.492 e. The van der Waals surface area contributed by atoms with Crippen LogP contribution < -0.4 is 9.47 Å². The molecule has 0 fully saturated rings. The van der Waals surface area contributed by atoms with E-state index in [1.54, 1.807) is 0 Å². The van der Waals surface area contributed by atoms with Gasteiger partial charge in [0.25, 0.3) is 5.69 Å². The number of hydrogen-bond donors (Lipinski definition) is 0. The molecule has 0 bridgehead atoms. The molecule has 0 aliphatic heterocycles. The van der Waals surface area contributed by atoms with Crippen LogP contribution in [0, 0.1) is 10.1 Å². The summed E-state index contributed by atoms with van der Waals surface area (Å²) in [6.07, 6.45) is -5.01. The lowest BCUT2D eigenvalue weighted by atomic mass is 10.3. The Morgan fingerprint density at radius 1 is 1.44 bits per heavy atom. The molecule has 0 saturated carbocycles. The Labute approximate surface area is 97.3 Å². The van der Waals surface area contributed by atoms with Gasteiger partial charge in [-0.2, -0.15) is 0 Å². The minimum Gasteiger partial charge on any atom is -0.492 e. The van der Waals surface area contributed by atoms with Crippen LogP contribution in [0.4, 0.5) is 19.0 Å². The lowest BCUT2D eigenvalue weighted by Gasteiger charge is -2.09. The SMILES string of the molecule is COc1cc(OC(F)(F)F)c([N+](=O)[O-])nc1C=O. The first-order chi connectivity index (χ1) is 8.28. The Morgan fingerprint density at radius 3 is 2.44 bits per heavy atom. The van der Waals surface area contributed by atoms with Gasteiger partial charge < -0.3 is 19.6 Å². The average molecular weight is 266 g/mol. The van der Waals surface area contributed by atoms with Gasteiger partial charge in [0.1, 0.15) is 0 Å². The van der Waals surface area contributed by atoms with E-state index >= 15 is 0 Å². The number of aromatic nitrogens is 1. The van der Waals surface area contributed by atoms with E-state index in [1.807, 2.05) is 0 Å². The number of pyridine rings is 1. The van der Waals surface area contributed by atoms with Crippen LogP contribution in [-0.4, -0.2) is 29.7 Å². The number of nitro groups is 1. The van der Waals surface area contributed by atoms with Gasteiger partial charge in [0.2, 0.25) is 5.75 Å². The van der Waals surface area contributed by atoms with E-state index in [0.717, 1.165) is 7.11 Å². The number of carbonyl (C=O) groups excluding carboxylic acids is 1. The molecular formula is C8H5F3N2O5. The molecule has 1 heterocycles. The zero-order chi connectivity index (χ0) is 13.9. The first kappa shape index (κ1) is 13.7. The first-order valence-corrected chi connectivity index (χ1v) is 4.23. The van der Waals surface area contributed by atoms with Crippen molar-refractivity contribution in [3.05, 3.63) is 21.9 Å². The van der Waals surface area contributed by atoms with Crippen molar-refractivity contribution in [3.8, 4) is 11.5 Å². The van der Waals surface area contributed by atoms with E-state index in [9.17, 15) is 28.1 Å². The number of aldehydes is 1. The molecule has 0 aromatic carbocycles. The number of methoxy groups -OCH3 is 1. The standard InChI is InChI=1S/C8H5F3N2O5/c1-17-5-2-6(18-8(9,10)11)7(13(15)16)12-4(5)3-14/h2-3H,1H3. The van der Waals surface area contributed by atoms with Gasteiger partial charge in [-0.3, -0.25) is 4.79 Å². The van der Waals surface area contributed by atoms with E-state index in [1.165, 1.54) is 0 Å². The zero-order valence-corrected chi connectivity index (χ0v) is 8.72. The van der Waals surface area contributed by atoms with E-state index in [2.05, 4.69) is 14.5 Å². The highest BCUT2D eigenvalue weighted by molar-refractivity contribution is 5.77. The molecule has 0 amide bonds. The Hall–Kier alpha value is -2.39. The molecule has 1 aromatic heterocycles. The van der Waals surface area contributed by atoms with Crippen LogP contribution in [0.15, 0.2) is 6.07 Å². The molecule has 0 saturated heterocycles. The second-order valence-corrected chi connectivity index (χ2v) is 2.82. The fourth-order valence-electron chi connectivity index (χ4n) is 1.06. The van der Waals surface area contributed by atoms with Gasteiger partial charge in [0.15, 0.2) is 12.0 Å². The second kappa shape index (κ2) is 4.85. The predicted octanol–water partition coefficient (Wildman–Crippen LogP) is 1.71. The quantitative estimate of drug-likeness (QED) is 0.468. The van der Waals surface area contributed by atoms with Crippen LogP contribution in [0.3, 0.4) is 0 Å². The number of hydrogen-bond acceptors (Lipinski definition) is 6. The molecule has 1 aromatic rings. The molecule has 98 valence electrons. The number of alkyl halides is 3. The largest absolute Gasteiger partial charge is 0.573 e. The first-order valence-electron chi connectivity index (χ1n) is 4.23. The summed E-state index contributed by atoms with van der Waals surface area (Å²) in [5, 5.41) is 10.5. The minimum absolute atomic E-state index is 0.114. The molecule has 18 heavy (non-hydrogen) atoms. The van der Waals surface area contributed by atoms with E-state index in [4.69, 9.17) is 0 Å². The summed E-state index contributed by atoms with van der Waals surface area (Å²) in [5.41, 5.74) is -0.501. The Morgan fingerprint density at radius 2 is 2.06 bits per heavy atom. The highest BCUT2D eigenvalue weighted by Crippen LogP contribution is 2.34. The monoisotopic (exact) mass is 266 g/mol. The zero-order valence-electron chi connectivity index (χ0n) is 8.72. The Kier molecular flexibility index (Phi) is 3.69. The van der Waals surface area contributed by atoms with Crippen LogP contribution >= 0.6 is 0 Å². The molecule has 0 atom stereocenters. The van der Waals surface area contributed by atoms with Crippen molar-refractivity contribution >= 4 is 12.1 Å². The molecule has 0 aliphatic rings. The Balaban J connectivity index is 3.38. The van der Waals surface area contributed by atoms with Gasteiger partial charge in [0.05, 0.1) is 7.11 Å². The summed E-state index contributed by atoms with van der Waals surface area (Å²) in [6.45, 7) is 0. The third-order valence-electron chi connectivity index (χ3n) is 1.69. The van der Waals surface area contributed by atoms with E-state index in [0.29, 0.717) is 6.07 Å². The normalized spacial score (nSPS) is 10.9. The molecule has 0 unspecified atom stereocenters. The number of carbonyl (C=O) groups is 1. The van der Waals surface area contributed by atoms with Gasteiger partial charge in [-0.15, -0.1) is 13.2 Å². The van der Waals surface area contributed by atoms with Crippen LogP contribution in [0.25, 0.3) is 0 Å². The molecule has 10 heteroatoms.